The molecule has 0 saturated carbocycles. The number of hydrogen-bond donors (Lipinski definition) is 1. The standard InChI is InChI=1S/C14H30N2O2/c1-3-5-7-10-16(11-8-6-4-2)14(17)13-18-12-9-15/h3-13,15H2,1-2H3. The molecule has 0 bridgehead atoms. The maximum atomic E-state index is 12.0. The van der Waals surface area contributed by atoms with Crippen molar-refractivity contribution in [2.24, 2.45) is 5.73 Å². The van der Waals surface area contributed by atoms with Crippen LogP contribution in [0.3, 0.4) is 0 Å². The molecule has 0 spiro atoms. The first-order valence-corrected chi connectivity index (χ1v) is 7.31. The summed E-state index contributed by atoms with van der Waals surface area (Å²) in [5.74, 6) is 0.107. The lowest BCUT2D eigenvalue weighted by Crippen LogP contribution is -2.36. The third kappa shape index (κ3) is 9.42. The molecule has 0 aromatic heterocycles. The van der Waals surface area contributed by atoms with Gasteiger partial charge in [-0.15, -0.1) is 0 Å². The minimum atomic E-state index is 0.107. The van der Waals surface area contributed by atoms with Gasteiger partial charge in [0.15, 0.2) is 0 Å². The number of carbonyl (C=O) groups excluding carboxylic acids is 1. The van der Waals surface area contributed by atoms with Crippen LogP contribution in [-0.2, 0) is 9.53 Å². The molecule has 0 saturated heterocycles. The van der Waals surface area contributed by atoms with Crippen molar-refractivity contribution in [3.8, 4) is 0 Å². The number of nitrogens with two attached hydrogens (primary N) is 1. The van der Waals surface area contributed by atoms with Gasteiger partial charge in [0.05, 0.1) is 6.61 Å². The van der Waals surface area contributed by atoms with E-state index in [1.807, 2.05) is 4.90 Å². The summed E-state index contributed by atoms with van der Waals surface area (Å²) in [7, 11) is 0. The van der Waals surface area contributed by atoms with Gasteiger partial charge in [-0.25, -0.2) is 0 Å². The average Bonchev–Trinajstić information content (AvgIpc) is 2.37. The van der Waals surface area contributed by atoms with Gasteiger partial charge in [-0.1, -0.05) is 39.5 Å². The summed E-state index contributed by atoms with van der Waals surface area (Å²) < 4.78 is 5.22. The molecule has 4 heteroatoms. The fourth-order valence-electron chi connectivity index (χ4n) is 1.80. The number of carbonyl (C=O) groups is 1. The predicted molar refractivity (Wildman–Crippen MR) is 75.5 cm³/mol. The molecule has 2 N–H and O–H groups in total. The molecule has 0 heterocycles. The second-order valence-electron chi connectivity index (χ2n) is 4.64. The minimum absolute atomic E-state index is 0.107. The van der Waals surface area contributed by atoms with E-state index >= 15 is 0 Å². The molecule has 1 amide bonds. The minimum Gasteiger partial charge on any atom is -0.370 e. The van der Waals surface area contributed by atoms with E-state index in [4.69, 9.17) is 10.5 Å². The van der Waals surface area contributed by atoms with Gasteiger partial charge in [0, 0.05) is 19.6 Å². The normalized spacial score (nSPS) is 10.6. The van der Waals surface area contributed by atoms with Gasteiger partial charge in [-0.3, -0.25) is 4.79 Å². The largest absolute Gasteiger partial charge is 0.370 e. The number of rotatable bonds is 12. The van der Waals surface area contributed by atoms with Crippen molar-refractivity contribution in [3.63, 3.8) is 0 Å². The molecule has 18 heavy (non-hydrogen) atoms. The van der Waals surface area contributed by atoms with Crippen LogP contribution in [0.15, 0.2) is 0 Å². The maximum Gasteiger partial charge on any atom is 0.248 e. The van der Waals surface area contributed by atoms with Crippen molar-refractivity contribution in [3.05, 3.63) is 0 Å². The summed E-state index contributed by atoms with van der Waals surface area (Å²) in [5.41, 5.74) is 5.34. The highest BCUT2D eigenvalue weighted by atomic mass is 16.5. The van der Waals surface area contributed by atoms with E-state index in [2.05, 4.69) is 13.8 Å². The fourth-order valence-corrected chi connectivity index (χ4v) is 1.80. The third-order valence-electron chi connectivity index (χ3n) is 2.90. The molecule has 0 rings (SSSR count). The van der Waals surface area contributed by atoms with Crippen LogP contribution >= 0.6 is 0 Å². The quantitative estimate of drug-likeness (QED) is 0.546. The van der Waals surface area contributed by atoms with Crippen LogP contribution in [0.25, 0.3) is 0 Å². The Morgan fingerprint density at radius 1 is 1.06 bits per heavy atom. The maximum absolute atomic E-state index is 12.0. The molecule has 0 aromatic carbocycles. The summed E-state index contributed by atoms with van der Waals surface area (Å²) in [6.07, 6.45) is 6.90. The molecule has 0 atom stereocenters. The van der Waals surface area contributed by atoms with E-state index < -0.39 is 0 Å². The van der Waals surface area contributed by atoms with Crippen molar-refractivity contribution in [1.82, 2.24) is 4.90 Å². The lowest BCUT2D eigenvalue weighted by atomic mass is 10.2. The summed E-state index contributed by atoms with van der Waals surface area (Å²) in [6.45, 7) is 7.18. The van der Waals surface area contributed by atoms with Crippen molar-refractivity contribution in [2.75, 3.05) is 32.8 Å². The Bertz CT molecular complexity index is 188. The zero-order valence-corrected chi connectivity index (χ0v) is 12.1. The Kier molecular flexibility index (Phi) is 12.4. The molecular weight excluding hydrogens is 228 g/mol. The molecule has 0 aliphatic heterocycles. The zero-order valence-electron chi connectivity index (χ0n) is 12.1. The monoisotopic (exact) mass is 258 g/mol. The van der Waals surface area contributed by atoms with Crippen LogP contribution in [-0.4, -0.2) is 43.7 Å². The molecular formula is C14H30N2O2. The number of unbranched alkanes of at least 4 members (excludes halogenated alkanes) is 4. The molecule has 0 radical (unpaired) electrons. The molecule has 108 valence electrons. The van der Waals surface area contributed by atoms with Crippen molar-refractivity contribution >= 4 is 5.91 Å². The molecule has 0 aromatic rings. The van der Waals surface area contributed by atoms with Crippen LogP contribution in [0.4, 0.5) is 0 Å². The summed E-state index contributed by atoms with van der Waals surface area (Å²) >= 11 is 0. The highest BCUT2D eigenvalue weighted by Gasteiger charge is 2.12. The molecule has 4 nitrogen and oxygen atoms in total. The van der Waals surface area contributed by atoms with Gasteiger partial charge in [0.2, 0.25) is 5.91 Å². The first kappa shape index (κ1) is 17.4. The van der Waals surface area contributed by atoms with Crippen molar-refractivity contribution < 1.29 is 9.53 Å². The Labute approximate surface area is 112 Å². The Morgan fingerprint density at radius 2 is 1.61 bits per heavy atom. The van der Waals surface area contributed by atoms with Gasteiger partial charge in [-0.05, 0) is 12.8 Å². The number of ether oxygens (including phenoxy) is 1. The molecule has 0 aliphatic carbocycles. The number of nitrogens with zero attached hydrogens (tertiary/aromatic N) is 1. The summed E-state index contributed by atoms with van der Waals surface area (Å²) in [6, 6.07) is 0. The molecule has 0 aliphatic rings. The first-order chi connectivity index (χ1) is 8.76. The highest BCUT2D eigenvalue weighted by molar-refractivity contribution is 5.77. The van der Waals surface area contributed by atoms with Crippen LogP contribution in [0.1, 0.15) is 52.4 Å². The van der Waals surface area contributed by atoms with Crippen LogP contribution < -0.4 is 5.73 Å². The van der Waals surface area contributed by atoms with Gasteiger partial charge in [0.1, 0.15) is 6.61 Å². The first-order valence-electron chi connectivity index (χ1n) is 7.31. The van der Waals surface area contributed by atoms with Gasteiger partial charge in [-0.2, -0.15) is 0 Å². The molecule has 0 unspecified atom stereocenters. The number of amides is 1. The van der Waals surface area contributed by atoms with Crippen LogP contribution in [0.2, 0.25) is 0 Å². The van der Waals surface area contributed by atoms with E-state index in [0.29, 0.717) is 13.2 Å². The Hall–Kier alpha value is -0.610. The zero-order chi connectivity index (χ0) is 13.6. The molecule has 0 fully saturated rings. The van der Waals surface area contributed by atoms with Gasteiger partial charge < -0.3 is 15.4 Å². The van der Waals surface area contributed by atoms with Crippen molar-refractivity contribution in [1.29, 1.82) is 0 Å². The van der Waals surface area contributed by atoms with Crippen molar-refractivity contribution in [2.45, 2.75) is 52.4 Å². The Morgan fingerprint density at radius 3 is 2.06 bits per heavy atom. The van der Waals surface area contributed by atoms with Gasteiger partial charge in [0.25, 0.3) is 0 Å². The second-order valence-corrected chi connectivity index (χ2v) is 4.64. The van der Waals surface area contributed by atoms with E-state index in [1.54, 1.807) is 0 Å². The summed E-state index contributed by atoms with van der Waals surface area (Å²) in [5, 5.41) is 0. The SMILES string of the molecule is CCCCCN(CCCCC)C(=O)COCCN. The average molecular weight is 258 g/mol. The fraction of sp³-hybridized carbons (Fsp3) is 0.929. The van der Waals surface area contributed by atoms with E-state index in [1.165, 1.54) is 25.7 Å². The number of hydrogen-bond acceptors (Lipinski definition) is 3. The predicted octanol–water partition coefficient (Wildman–Crippen LogP) is 2.17. The smallest absolute Gasteiger partial charge is 0.248 e. The van der Waals surface area contributed by atoms with Crippen LogP contribution in [0.5, 0.6) is 0 Å². The second kappa shape index (κ2) is 12.8. The van der Waals surface area contributed by atoms with Gasteiger partial charge >= 0.3 is 0 Å². The van der Waals surface area contributed by atoms with E-state index in [9.17, 15) is 4.79 Å². The third-order valence-corrected chi connectivity index (χ3v) is 2.90. The topological polar surface area (TPSA) is 55.6 Å². The lowest BCUT2D eigenvalue weighted by Gasteiger charge is -2.22. The Balaban J connectivity index is 3.95. The lowest BCUT2D eigenvalue weighted by molar-refractivity contribution is -0.136. The van der Waals surface area contributed by atoms with Crippen LogP contribution in [0, 0.1) is 0 Å². The summed E-state index contributed by atoms with van der Waals surface area (Å²) in [4.78, 5) is 13.9. The highest BCUT2D eigenvalue weighted by Crippen LogP contribution is 2.03. The van der Waals surface area contributed by atoms with E-state index in [0.717, 1.165) is 25.9 Å². The van der Waals surface area contributed by atoms with E-state index in [-0.39, 0.29) is 12.5 Å².